The number of methoxy groups -OCH3 is 1. The Morgan fingerprint density at radius 3 is 2.47 bits per heavy atom. The third-order valence-corrected chi connectivity index (χ3v) is 2.71. The summed E-state index contributed by atoms with van der Waals surface area (Å²) in [5.74, 6) is 0.900. The number of hydrazine groups is 1. The summed E-state index contributed by atoms with van der Waals surface area (Å²) in [4.78, 5) is 0. The molecule has 0 heterocycles. The number of fused-ring (bicyclic) bond motifs is 1. The van der Waals surface area contributed by atoms with Crippen LogP contribution in [0.25, 0.3) is 10.8 Å². The number of benzene rings is 2. The Morgan fingerprint density at radius 2 is 1.76 bits per heavy atom. The maximum absolute atomic E-state index is 5.21. The van der Waals surface area contributed by atoms with E-state index in [9.17, 15) is 0 Å². The van der Waals surface area contributed by atoms with Crippen molar-refractivity contribution in [1.82, 2.24) is 10.4 Å². The molecule has 0 atom stereocenters. The van der Waals surface area contributed by atoms with Gasteiger partial charge in [0.15, 0.2) is 0 Å². The Kier molecular flexibility index (Phi) is 3.61. The average Bonchev–Trinajstić information content (AvgIpc) is 2.35. The van der Waals surface area contributed by atoms with Crippen LogP contribution in [-0.2, 0) is 6.54 Å². The summed E-state index contributed by atoms with van der Waals surface area (Å²) in [6, 6.07) is 12.6. The van der Waals surface area contributed by atoms with E-state index in [1.165, 1.54) is 16.3 Å². The van der Waals surface area contributed by atoms with Crippen molar-refractivity contribution in [2.24, 2.45) is 0 Å². The number of hydrogen-bond acceptors (Lipinski definition) is 3. The minimum atomic E-state index is 0.842. The highest BCUT2D eigenvalue weighted by molar-refractivity contribution is 5.84. The van der Waals surface area contributed by atoms with Crippen LogP contribution in [0.1, 0.15) is 5.56 Å². The molecule has 2 rings (SSSR count). The van der Waals surface area contributed by atoms with Crippen molar-refractivity contribution in [3.8, 4) is 5.75 Å². The van der Waals surface area contributed by atoms with Crippen molar-refractivity contribution in [3.05, 3.63) is 42.0 Å². The molecule has 0 aliphatic carbocycles. The molecule has 0 spiro atoms. The van der Waals surface area contributed by atoms with Crippen LogP contribution in [0.15, 0.2) is 36.4 Å². The predicted octanol–water partition coefficient (Wildman–Crippen LogP) is 2.41. The molecule has 90 valence electrons. The second-order valence-corrected chi connectivity index (χ2v) is 4.28. The van der Waals surface area contributed by atoms with E-state index in [0.29, 0.717) is 0 Å². The summed E-state index contributed by atoms with van der Waals surface area (Å²) < 4.78 is 5.21. The minimum absolute atomic E-state index is 0.842. The first kappa shape index (κ1) is 11.9. The zero-order valence-electron chi connectivity index (χ0n) is 10.5. The van der Waals surface area contributed by atoms with E-state index in [2.05, 4.69) is 35.8 Å². The van der Waals surface area contributed by atoms with E-state index >= 15 is 0 Å². The van der Waals surface area contributed by atoms with Crippen LogP contribution in [0.4, 0.5) is 0 Å². The van der Waals surface area contributed by atoms with Crippen molar-refractivity contribution in [1.29, 1.82) is 0 Å². The number of rotatable bonds is 4. The molecule has 3 heteroatoms. The molecule has 0 aromatic heterocycles. The van der Waals surface area contributed by atoms with Gasteiger partial charge in [-0.2, -0.15) is 0 Å². The Hall–Kier alpha value is -1.58. The van der Waals surface area contributed by atoms with Crippen molar-refractivity contribution in [2.45, 2.75) is 6.54 Å². The van der Waals surface area contributed by atoms with Gasteiger partial charge in [-0.3, -0.25) is 10.4 Å². The van der Waals surface area contributed by atoms with Gasteiger partial charge in [0.2, 0.25) is 0 Å². The third-order valence-electron chi connectivity index (χ3n) is 2.71. The van der Waals surface area contributed by atoms with Crippen LogP contribution in [0.2, 0.25) is 0 Å². The molecule has 0 saturated heterocycles. The summed E-state index contributed by atoms with van der Waals surface area (Å²) in [7, 11) is 5.67. The van der Waals surface area contributed by atoms with Gasteiger partial charge in [0.1, 0.15) is 5.75 Å². The topological polar surface area (TPSA) is 24.5 Å². The van der Waals surface area contributed by atoms with Gasteiger partial charge in [0.25, 0.3) is 0 Å². The van der Waals surface area contributed by atoms with E-state index in [4.69, 9.17) is 4.74 Å². The smallest absolute Gasteiger partial charge is 0.119 e. The fourth-order valence-corrected chi connectivity index (χ4v) is 1.76. The van der Waals surface area contributed by atoms with Crippen molar-refractivity contribution >= 4 is 10.8 Å². The number of hydrogen-bond donors (Lipinski definition) is 1. The lowest BCUT2D eigenvalue weighted by atomic mass is 10.1. The first-order valence-electron chi connectivity index (χ1n) is 5.66. The molecule has 0 aliphatic rings. The third kappa shape index (κ3) is 2.96. The molecule has 0 unspecified atom stereocenters. The molecule has 1 N–H and O–H groups in total. The highest BCUT2D eigenvalue weighted by Crippen LogP contribution is 2.21. The van der Waals surface area contributed by atoms with Gasteiger partial charge in [0.05, 0.1) is 7.11 Å². The summed E-state index contributed by atoms with van der Waals surface area (Å²) in [5, 5.41) is 4.40. The number of nitrogens with zero attached hydrogens (tertiary/aromatic N) is 1. The van der Waals surface area contributed by atoms with Gasteiger partial charge in [-0.1, -0.05) is 18.2 Å². The van der Waals surface area contributed by atoms with Crippen LogP contribution in [0.3, 0.4) is 0 Å². The van der Waals surface area contributed by atoms with E-state index in [1.54, 1.807) is 7.11 Å². The molecule has 0 amide bonds. The van der Waals surface area contributed by atoms with Crippen molar-refractivity contribution in [3.63, 3.8) is 0 Å². The van der Waals surface area contributed by atoms with Gasteiger partial charge in [-0.05, 0) is 34.5 Å². The molecular weight excluding hydrogens is 212 g/mol. The number of ether oxygens (including phenoxy) is 1. The van der Waals surface area contributed by atoms with Crippen LogP contribution in [-0.4, -0.2) is 26.2 Å². The molecular formula is C14H18N2O. The van der Waals surface area contributed by atoms with E-state index < -0.39 is 0 Å². The summed E-state index contributed by atoms with van der Waals surface area (Å²) in [6.45, 7) is 0.842. The van der Waals surface area contributed by atoms with E-state index in [-0.39, 0.29) is 0 Å². The highest BCUT2D eigenvalue weighted by atomic mass is 16.5. The molecule has 17 heavy (non-hydrogen) atoms. The molecule has 2 aromatic carbocycles. The van der Waals surface area contributed by atoms with E-state index in [1.807, 2.05) is 25.2 Å². The maximum Gasteiger partial charge on any atom is 0.119 e. The molecule has 3 nitrogen and oxygen atoms in total. The zero-order valence-corrected chi connectivity index (χ0v) is 10.5. The summed E-state index contributed by atoms with van der Waals surface area (Å²) in [5.41, 5.74) is 4.53. The van der Waals surface area contributed by atoms with Crippen LogP contribution >= 0.6 is 0 Å². The second-order valence-electron chi connectivity index (χ2n) is 4.28. The summed E-state index contributed by atoms with van der Waals surface area (Å²) in [6.07, 6.45) is 0. The van der Waals surface area contributed by atoms with Crippen LogP contribution in [0.5, 0.6) is 5.75 Å². The fraction of sp³-hybridized carbons (Fsp3) is 0.286. The normalized spacial score (nSPS) is 11.1. The largest absolute Gasteiger partial charge is 0.497 e. The highest BCUT2D eigenvalue weighted by Gasteiger charge is 1.99. The van der Waals surface area contributed by atoms with Crippen molar-refractivity contribution in [2.75, 3.05) is 21.2 Å². The Balaban J connectivity index is 2.25. The quantitative estimate of drug-likeness (QED) is 0.816. The number of nitrogens with one attached hydrogen (secondary N) is 1. The molecule has 2 aromatic rings. The zero-order chi connectivity index (χ0) is 12.3. The molecule has 0 aliphatic heterocycles. The van der Waals surface area contributed by atoms with Crippen molar-refractivity contribution < 1.29 is 4.74 Å². The first-order chi connectivity index (χ1) is 8.19. The summed E-state index contributed by atoms with van der Waals surface area (Å²) >= 11 is 0. The second kappa shape index (κ2) is 5.17. The average molecular weight is 230 g/mol. The predicted molar refractivity (Wildman–Crippen MR) is 71.0 cm³/mol. The van der Waals surface area contributed by atoms with Crippen LogP contribution in [0, 0.1) is 0 Å². The SMILES string of the molecule is COc1ccc2cc(CNN(C)C)ccc2c1. The lowest BCUT2D eigenvalue weighted by Gasteiger charge is -2.12. The fourth-order valence-electron chi connectivity index (χ4n) is 1.76. The monoisotopic (exact) mass is 230 g/mol. The molecule has 0 saturated carbocycles. The van der Waals surface area contributed by atoms with E-state index in [0.717, 1.165) is 12.3 Å². The lowest BCUT2D eigenvalue weighted by Crippen LogP contribution is -2.29. The Bertz CT molecular complexity index is 509. The van der Waals surface area contributed by atoms with Crippen LogP contribution < -0.4 is 10.2 Å². The van der Waals surface area contributed by atoms with Gasteiger partial charge in [-0.25, -0.2) is 0 Å². The van der Waals surface area contributed by atoms with Gasteiger partial charge in [0, 0.05) is 20.6 Å². The van der Waals surface area contributed by atoms with Gasteiger partial charge in [-0.15, -0.1) is 0 Å². The molecule has 0 radical (unpaired) electrons. The molecule has 0 bridgehead atoms. The lowest BCUT2D eigenvalue weighted by molar-refractivity contribution is 0.286. The maximum atomic E-state index is 5.21. The van der Waals surface area contributed by atoms with Gasteiger partial charge < -0.3 is 4.74 Å². The standard InChI is InChI=1S/C14H18N2O/c1-16(2)15-10-11-4-5-13-9-14(17-3)7-6-12(13)8-11/h4-9,15H,10H2,1-3H3. The minimum Gasteiger partial charge on any atom is -0.497 e. The first-order valence-corrected chi connectivity index (χ1v) is 5.66. The Morgan fingerprint density at radius 1 is 1.06 bits per heavy atom. The van der Waals surface area contributed by atoms with Gasteiger partial charge >= 0.3 is 0 Å². The Labute approximate surface area is 102 Å². The molecule has 0 fully saturated rings.